The number of piperidine rings is 1. The van der Waals surface area contributed by atoms with Crippen molar-refractivity contribution >= 4 is 11.3 Å². The molecule has 25 heavy (non-hydrogen) atoms. The Labute approximate surface area is 151 Å². The van der Waals surface area contributed by atoms with Gasteiger partial charge in [0.25, 0.3) is 5.89 Å². The van der Waals surface area contributed by atoms with Crippen molar-refractivity contribution in [3.63, 3.8) is 0 Å². The van der Waals surface area contributed by atoms with Gasteiger partial charge in [0.05, 0.1) is 17.1 Å². The largest absolute Gasteiger partial charge is 0.419 e. The maximum atomic E-state index is 5.99. The van der Waals surface area contributed by atoms with Gasteiger partial charge in [-0.05, 0) is 44.4 Å². The zero-order chi connectivity index (χ0) is 17.2. The molecule has 6 heteroatoms. The van der Waals surface area contributed by atoms with E-state index in [-0.39, 0.29) is 0 Å². The van der Waals surface area contributed by atoms with E-state index < -0.39 is 0 Å². The monoisotopic (exact) mass is 354 g/mol. The Morgan fingerprint density at radius 3 is 2.92 bits per heavy atom. The first-order valence-electron chi connectivity index (χ1n) is 8.71. The fourth-order valence-corrected chi connectivity index (χ4v) is 4.15. The molecule has 3 heterocycles. The fourth-order valence-electron chi connectivity index (χ4n) is 3.43. The molecule has 1 unspecified atom stereocenters. The van der Waals surface area contributed by atoms with Gasteiger partial charge in [-0.2, -0.15) is 0 Å². The lowest BCUT2D eigenvalue weighted by Gasteiger charge is -2.31. The van der Waals surface area contributed by atoms with E-state index in [1.807, 2.05) is 12.4 Å². The highest BCUT2D eigenvalue weighted by atomic mass is 32.1. The molecule has 0 radical (unpaired) electrons. The predicted octanol–water partition coefficient (Wildman–Crippen LogP) is 4.19. The summed E-state index contributed by atoms with van der Waals surface area (Å²) in [6.45, 7) is 7.23. The summed E-state index contributed by atoms with van der Waals surface area (Å²) in [4.78, 5) is 7.74. The van der Waals surface area contributed by atoms with Crippen molar-refractivity contribution in [1.29, 1.82) is 0 Å². The Morgan fingerprint density at radius 1 is 1.24 bits per heavy atom. The summed E-state index contributed by atoms with van der Waals surface area (Å²) in [6, 6.07) is 8.61. The summed E-state index contributed by atoms with van der Waals surface area (Å²) in [6.07, 6.45) is 2.27. The van der Waals surface area contributed by atoms with E-state index in [0.29, 0.717) is 11.8 Å². The number of benzene rings is 1. The summed E-state index contributed by atoms with van der Waals surface area (Å²) >= 11 is 1.55. The number of aryl methyl sites for hydroxylation is 2. The van der Waals surface area contributed by atoms with Crippen molar-refractivity contribution < 1.29 is 4.42 Å². The fraction of sp³-hybridized carbons (Fsp3) is 0.421. The highest BCUT2D eigenvalue weighted by molar-refractivity contribution is 7.13. The lowest BCUT2D eigenvalue weighted by atomic mass is 9.97. The number of hydrogen-bond donors (Lipinski definition) is 0. The van der Waals surface area contributed by atoms with Gasteiger partial charge in [-0.3, -0.25) is 4.90 Å². The summed E-state index contributed by atoms with van der Waals surface area (Å²) < 4.78 is 5.99. The molecule has 1 atom stereocenters. The maximum absolute atomic E-state index is 5.99. The highest BCUT2D eigenvalue weighted by Crippen LogP contribution is 2.31. The van der Waals surface area contributed by atoms with E-state index in [2.05, 4.69) is 51.3 Å². The average Bonchev–Trinajstić information content (AvgIpc) is 3.26. The first-order chi connectivity index (χ1) is 12.2. The van der Waals surface area contributed by atoms with Gasteiger partial charge in [0.1, 0.15) is 4.88 Å². The first kappa shape index (κ1) is 16.4. The molecule has 0 aliphatic carbocycles. The summed E-state index contributed by atoms with van der Waals surface area (Å²) in [5.41, 5.74) is 5.52. The molecular formula is C19H22N4OS. The summed E-state index contributed by atoms with van der Waals surface area (Å²) in [7, 11) is 0. The van der Waals surface area contributed by atoms with Crippen LogP contribution in [0.3, 0.4) is 0 Å². The van der Waals surface area contributed by atoms with Crippen molar-refractivity contribution in [3.8, 4) is 10.8 Å². The third-order valence-electron chi connectivity index (χ3n) is 4.89. The van der Waals surface area contributed by atoms with Crippen LogP contribution in [0.5, 0.6) is 0 Å². The number of thiazole rings is 1. The molecule has 0 N–H and O–H groups in total. The molecule has 130 valence electrons. The molecule has 5 nitrogen and oxygen atoms in total. The lowest BCUT2D eigenvalue weighted by Crippen LogP contribution is -2.34. The van der Waals surface area contributed by atoms with Crippen LogP contribution in [0.2, 0.25) is 0 Å². The van der Waals surface area contributed by atoms with E-state index in [9.17, 15) is 0 Å². The quantitative estimate of drug-likeness (QED) is 0.703. The number of likely N-dealkylation sites (tertiary alicyclic amines) is 1. The van der Waals surface area contributed by atoms with Crippen LogP contribution in [0.25, 0.3) is 10.8 Å². The van der Waals surface area contributed by atoms with Crippen molar-refractivity contribution in [2.45, 2.75) is 39.2 Å². The van der Waals surface area contributed by atoms with Gasteiger partial charge in [-0.15, -0.1) is 21.5 Å². The molecule has 4 rings (SSSR count). The molecule has 3 aromatic rings. The average molecular weight is 354 g/mol. The summed E-state index contributed by atoms with van der Waals surface area (Å²) in [5.74, 6) is 1.68. The SMILES string of the molecule is Cc1ccccc1CN1CCCC(c2nnc(-c3scnc3C)o2)C1. The zero-order valence-electron chi connectivity index (χ0n) is 14.6. The molecule has 0 saturated carbocycles. The van der Waals surface area contributed by atoms with Gasteiger partial charge in [-0.1, -0.05) is 24.3 Å². The van der Waals surface area contributed by atoms with Crippen LogP contribution in [-0.2, 0) is 6.54 Å². The molecule has 0 bridgehead atoms. The van der Waals surface area contributed by atoms with Crippen LogP contribution in [0, 0.1) is 13.8 Å². The second-order valence-corrected chi connectivity index (χ2v) is 7.57. The number of rotatable bonds is 4. The zero-order valence-corrected chi connectivity index (χ0v) is 15.4. The minimum absolute atomic E-state index is 0.312. The Kier molecular flexibility index (Phi) is 4.63. The van der Waals surface area contributed by atoms with Crippen molar-refractivity contribution in [1.82, 2.24) is 20.1 Å². The van der Waals surface area contributed by atoms with Gasteiger partial charge < -0.3 is 4.42 Å². The third kappa shape index (κ3) is 3.50. The van der Waals surface area contributed by atoms with Gasteiger partial charge in [0.15, 0.2) is 0 Å². The number of aromatic nitrogens is 3. The van der Waals surface area contributed by atoms with Crippen LogP contribution in [0.1, 0.15) is 41.5 Å². The molecule has 0 amide bonds. The van der Waals surface area contributed by atoms with Gasteiger partial charge >= 0.3 is 0 Å². The Hall–Kier alpha value is -2.05. The highest BCUT2D eigenvalue weighted by Gasteiger charge is 2.26. The Balaban J connectivity index is 1.47. The van der Waals surface area contributed by atoms with E-state index in [1.54, 1.807) is 11.3 Å². The van der Waals surface area contributed by atoms with Crippen LogP contribution in [0.4, 0.5) is 0 Å². The van der Waals surface area contributed by atoms with E-state index >= 15 is 0 Å². The standard InChI is InChI=1S/C19H22N4OS/c1-13-6-3-4-7-15(13)10-23-9-5-8-16(11-23)18-21-22-19(24-18)17-14(2)20-12-25-17/h3-4,6-7,12,16H,5,8-11H2,1-2H3. The molecule has 1 aliphatic rings. The van der Waals surface area contributed by atoms with E-state index in [4.69, 9.17) is 4.42 Å². The summed E-state index contributed by atoms with van der Waals surface area (Å²) in [5, 5.41) is 8.58. The Bertz CT molecular complexity index is 856. The van der Waals surface area contributed by atoms with E-state index in [0.717, 1.165) is 48.9 Å². The smallest absolute Gasteiger partial charge is 0.259 e. The molecular weight excluding hydrogens is 332 g/mol. The Morgan fingerprint density at radius 2 is 2.12 bits per heavy atom. The first-order valence-corrected chi connectivity index (χ1v) is 9.59. The van der Waals surface area contributed by atoms with E-state index in [1.165, 1.54) is 11.1 Å². The molecule has 0 spiro atoms. The van der Waals surface area contributed by atoms with Gasteiger partial charge in [-0.25, -0.2) is 4.98 Å². The molecule has 1 aliphatic heterocycles. The molecule has 1 aromatic carbocycles. The predicted molar refractivity (Wildman–Crippen MR) is 98.6 cm³/mol. The topological polar surface area (TPSA) is 55.1 Å². The second-order valence-electron chi connectivity index (χ2n) is 6.71. The van der Waals surface area contributed by atoms with Crippen LogP contribution in [-0.4, -0.2) is 33.2 Å². The molecule has 2 aromatic heterocycles. The minimum Gasteiger partial charge on any atom is -0.419 e. The molecule has 1 fully saturated rings. The number of hydrogen-bond acceptors (Lipinski definition) is 6. The van der Waals surface area contributed by atoms with Gasteiger partial charge in [0.2, 0.25) is 5.89 Å². The second kappa shape index (κ2) is 7.06. The normalized spacial score (nSPS) is 18.6. The van der Waals surface area contributed by atoms with Crippen molar-refractivity contribution in [2.24, 2.45) is 0 Å². The van der Waals surface area contributed by atoms with Crippen LogP contribution in [0.15, 0.2) is 34.2 Å². The van der Waals surface area contributed by atoms with Crippen LogP contribution < -0.4 is 0 Å². The van der Waals surface area contributed by atoms with Gasteiger partial charge in [0, 0.05) is 13.1 Å². The van der Waals surface area contributed by atoms with Crippen molar-refractivity contribution in [2.75, 3.05) is 13.1 Å². The minimum atomic E-state index is 0.312. The third-order valence-corrected chi connectivity index (χ3v) is 5.81. The molecule has 1 saturated heterocycles. The lowest BCUT2D eigenvalue weighted by molar-refractivity contribution is 0.186. The maximum Gasteiger partial charge on any atom is 0.259 e. The van der Waals surface area contributed by atoms with Crippen LogP contribution >= 0.6 is 11.3 Å². The number of nitrogens with zero attached hydrogens (tertiary/aromatic N) is 4. The van der Waals surface area contributed by atoms with Crippen molar-refractivity contribution in [3.05, 3.63) is 52.5 Å².